The number of carbonyl (C=O) groups excluding carboxylic acids is 1. The number of halogens is 1. The summed E-state index contributed by atoms with van der Waals surface area (Å²) < 4.78 is 13.3. The molecule has 0 spiro atoms. The van der Waals surface area contributed by atoms with Crippen LogP contribution in [0.25, 0.3) is 0 Å². The number of phenols is 2. The van der Waals surface area contributed by atoms with Crippen molar-refractivity contribution in [1.29, 1.82) is 0 Å². The van der Waals surface area contributed by atoms with Crippen LogP contribution in [-0.2, 0) is 0 Å². The summed E-state index contributed by atoms with van der Waals surface area (Å²) in [5.74, 6) is -3.03. The Morgan fingerprint density at radius 2 is 2.07 bits per heavy atom. The minimum atomic E-state index is -1.10. The van der Waals surface area contributed by atoms with E-state index in [4.69, 9.17) is 5.73 Å². The molecule has 0 aliphatic rings. The van der Waals surface area contributed by atoms with Gasteiger partial charge in [0.15, 0.2) is 23.1 Å². The Kier molecular flexibility index (Phi) is 3.26. The summed E-state index contributed by atoms with van der Waals surface area (Å²) in [6.45, 7) is 1.58. The average molecular weight is 213 g/mol. The maximum absolute atomic E-state index is 13.3. The molecule has 0 heterocycles. The van der Waals surface area contributed by atoms with Gasteiger partial charge in [-0.1, -0.05) is 0 Å². The van der Waals surface area contributed by atoms with Crippen LogP contribution in [-0.4, -0.2) is 22.5 Å². The normalized spacial score (nSPS) is 10.3. The third-order valence-electron chi connectivity index (χ3n) is 2.07. The van der Waals surface area contributed by atoms with Crippen LogP contribution in [0.5, 0.6) is 11.5 Å². The van der Waals surface area contributed by atoms with E-state index in [1.54, 1.807) is 0 Å². The second-order valence-electron chi connectivity index (χ2n) is 3.21. The van der Waals surface area contributed by atoms with E-state index in [-0.39, 0.29) is 24.1 Å². The van der Waals surface area contributed by atoms with E-state index in [0.29, 0.717) is 0 Å². The monoisotopic (exact) mass is 213 g/mol. The minimum Gasteiger partial charge on any atom is -0.504 e. The van der Waals surface area contributed by atoms with Crippen LogP contribution in [0.1, 0.15) is 22.3 Å². The predicted molar refractivity (Wildman–Crippen MR) is 52.5 cm³/mol. The lowest BCUT2D eigenvalue weighted by atomic mass is 10.0. The molecule has 82 valence electrons. The molecule has 0 bridgehead atoms. The van der Waals surface area contributed by atoms with Crippen molar-refractivity contribution in [2.75, 3.05) is 6.54 Å². The predicted octanol–water partition coefficient (Wildman–Crippen LogP) is 1.08. The highest BCUT2D eigenvalue weighted by Gasteiger charge is 2.19. The number of benzene rings is 1. The first kappa shape index (κ1) is 11.5. The first-order valence-corrected chi connectivity index (χ1v) is 4.43. The van der Waals surface area contributed by atoms with E-state index in [0.717, 1.165) is 0 Å². The molecule has 0 saturated carbocycles. The topological polar surface area (TPSA) is 83.6 Å². The molecule has 0 radical (unpaired) electrons. The van der Waals surface area contributed by atoms with Gasteiger partial charge >= 0.3 is 0 Å². The van der Waals surface area contributed by atoms with Gasteiger partial charge in [0.25, 0.3) is 0 Å². The summed E-state index contributed by atoms with van der Waals surface area (Å²) in [5.41, 5.74) is 5.17. The van der Waals surface area contributed by atoms with E-state index in [9.17, 15) is 19.4 Å². The lowest BCUT2D eigenvalue weighted by molar-refractivity contribution is 0.0980. The van der Waals surface area contributed by atoms with Crippen LogP contribution in [0.4, 0.5) is 4.39 Å². The van der Waals surface area contributed by atoms with Gasteiger partial charge in [0.05, 0.1) is 5.56 Å². The number of ketones is 1. The summed E-state index contributed by atoms with van der Waals surface area (Å²) in [4.78, 5) is 11.4. The fourth-order valence-corrected chi connectivity index (χ4v) is 1.24. The number of Topliss-reactive ketones (excluding diaryl/α,β-unsaturated/α-hetero) is 1. The number of aromatic hydroxyl groups is 2. The summed E-state index contributed by atoms with van der Waals surface area (Å²) in [6.07, 6.45) is 0.000571. The third-order valence-corrected chi connectivity index (χ3v) is 2.07. The second-order valence-corrected chi connectivity index (χ2v) is 3.21. The van der Waals surface area contributed by atoms with Crippen molar-refractivity contribution < 1.29 is 19.4 Å². The highest BCUT2D eigenvalue weighted by Crippen LogP contribution is 2.33. The van der Waals surface area contributed by atoms with Crippen molar-refractivity contribution in [3.8, 4) is 11.5 Å². The van der Waals surface area contributed by atoms with Gasteiger partial charge in [-0.15, -0.1) is 0 Å². The molecule has 1 aromatic carbocycles. The van der Waals surface area contributed by atoms with E-state index >= 15 is 0 Å². The molecule has 15 heavy (non-hydrogen) atoms. The zero-order valence-corrected chi connectivity index (χ0v) is 8.25. The van der Waals surface area contributed by atoms with Gasteiger partial charge in [-0.25, -0.2) is 4.39 Å². The van der Waals surface area contributed by atoms with Gasteiger partial charge in [0.1, 0.15) is 0 Å². The SMILES string of the molecule is Cc1cc(C(=O)CCN)c(F)c(O)c1O. The fraction of sp³-hybridized carbons (Fsp3) is 0.300. The standard InChI is InChI=1S/C10H12FNO3/c1-5-4-6(7(13)2-3-12)8(11)10(15)9(5)14/h4,14-15H,2-3,12H2,1H3. The first-order valence-electron chi connectivity index (χ1n) is 4.43. The first-order chi connectivity index (χ1) is 6.99. The van der Waals surface area contributed by atoms with Crippen LogP contribution in [0.2, 0.25) is 0 Å². The highest BCUT2D eigenvalue weighted by molar-refractivity contribution is 5.97. The largest absolute Gasteiger partial charge is 0.504 e. The van der Waals surface area contributed by atoms with E-state index in [2.05, 4.69) is 0 Å². The molecule has 4 nitrogen and oxygen atoms in total. The molecule has 0 saturated heterocycles. The zero-order chi connectivity index (χ0) is 11.6. The van der Waals surface area contributed by atoms with Gasteiger partial charge in [-0.05, 0) is 25.1 Å². The molecule has 0 fully saturated rings. The van der Waals surface area contributed by atoms with Crippen molar-refractivity contribution in [3.63, 3.8) is 0 Å². The lowest BCUT2D eigenvalue weighted by Gasteiger charge is -2.07. The Morgan fingerprint density at radius 1 is 1.47 bits per heavy atom. The van der Waals surface area contributed by atoms with Crippen molar-refractivity contribution in [1.82, 2.24) is 0 Å². The van der Waals surface area contributed by atoms with Crippen LogP contribution < -0.4 is 5.73 Å². The summed E-state index contributed by atoms with van der Waals surface area (Å²) in [6, 6.07) is 1.20. The molecule has 4 N–H and O–H groups in total. The van der Waals surface area contributed by atoms with Gasteiger partial charge in [-0.3, -0.25) is 4.79 Å². The minimum absolute atomic E-state index is 0.000571. The van der Waals surface area contributed by atoms with E-state index < -0.39 is 23.1 Å². The summed E-state index contributed by atoms with van der Waals surface area (Å²) in [5, 5.41) is 18.4. The van der Waals surface area contributed by atoms with Crippen LogP contribution in [0.3, 0.4) is 0 Å². The molecular formula is C10H12FNO3. The Morgan fingerprint density at radius 3 is 2.60 bits per heavy atom. The Balaban J connectivity index is 3.26. The molecule has 1 rings (SSSR count). The van der Waals surface area contributed by atoms with Crippen molar-refractivity contribution in [2.24, 2.45) is 5.73 Å². The Labute approximate surface area is 86.1 Å². The quantitative estimate of drug-likeness (QED) is 0.518. The fourth-order valence-electron chi connectivity index (χ4n) is 1.24. The number of nitrogens with two attached hydrogens (primary N) is 1. The maximum atomic E-state index is 13.3. The van der Waals surface area contributed by atoms with Crippen molar-refractivity contribution in [3.05, 3.63) is 23.0 Å². The van der Waals surface area contributed by atoms with E-state index in [1.165, 1.54) is 13.0 Å². The van der Waals surface area contributed by atoms with E-state index in [1.807, 2.05) is 0 Å². The highest BCUT2D eigenvalue weighted by atomic mass is 19.1. The van der Waals surface area contributed by atoms with Gasteiger partial charge in [-0.2, -0.15) is 0 Å². The van der Waals surface area contributed by atoms with Crippen molar-refractivity contribution in [2.45, 2.75) is 13.3 Å². The number of aryl methyl sites for hydroxylation is 1. The summed E-state index contributed by atoms with van der Waals surface area (Å²) in [7, 11) is 0. The van der Waals surface area contributed by atoms with Crippen LogP contribution in [0.15, 0.2) is 6.07 Å². The average Bonchev–Trinajstić information content (AvgIpc) is 2.20. The van der Waals surface area contributed by atoms with Crippen molar-refractivity contribution >= 4 is 5.78 Å². The smallest absolute Gasteiger partial charge is 0.195 e. The van der Waals surface area contributed by atoms with Crippen LogP contribution >= 0.6 is 0 Å². The van der Waals surface area contributed by atoms with Gasteiger partial charge in [0, 0.05) is 6.42 Å². The third kappa shape index (κ3) is 2.07. The maximum Gasteiger partial charge on any atom is 0.195 e. The van der Waals surface area contributed by atoms with Gasteiger partial charge < -0.3 is 15.9 Å². The Bertz CT molecular complexity index is 404. The molecule has 1 aromatic rings. The van der Waals surface area contributed by atoms with Crippen LogP contribution in [0, 0.1) is 12.7 Å². The number of hydrogen-bond donors (Lipinski definition) is 3. The molecule has 0 unspecified atom stereocenters. The molecule has 0 aliphatic carbocycles. The van der Waals surface area contributed by atoms with Gasteiger partial charge in [0.2, 0.25) is 0 Å². The molecule has 0 atom stereocenters. The molecule has 0 aromatic heterocycles. The number of rotatable bonds is 3. The molecule has 0 amide bonds. The zero-order valence-electron chi connectivity index (χ0n) is 8.25. The molecule has 0 aliphatic heterocycles. The summed E-state index contributed by atoms with van der Waals surface area (Å²) >= 11 is 0. The lowest BCUT2D eigenvalue weighted by Crippen LogP contribution is -2.10. The number of hydrogen-bond acceptors (Lipinski definition) is 4. The second kappa shape index (κ2) is 4.27. The Hall–Kier alpha value is -1.62. The number of phenolic OH excluding ortho intramolecular Hbond substituents is 2. The number of carbonyl (C=O) groups is 1. The molecule has 5 heteroatoms. The molecular weight excluding hydrogens is 201 g/mol.